The minimum Gasteiger partial charge on any atom is -0.473 e. The lowest BCUT2D eigenvalue weighted by Gasteiger charge is -2.28. The molecule has 34 heteroatoms. The van der Waals surface area contributed by atoms with E-state index in [4.69, 9.17) is 4.74 Å². The molecule has 19 rings (SSSR count). The molecule has 18 heterocycles. The van der Waals surface area contributed by atoms with Crippen molar-refractivity contribution in [2.24, 2.45) is 28.2 Å². The second kappa shape index (κ2) is 29.3. The van der Waals surface area contributed by atoms with Crippen molar-refractivity contribution in [1.29, 1.82) is 0 Å². The number of hydrogen-bond acceptors (Lipinski definition) is 26. The number of fused-ring (bicyclic) bond motifs is 4. The quantitative estimate of drug-likeness (QED) is 0.0493. The van der Waals surface area contributed by atoms with Crippen LogP contribution in [-0.4, -0.2) is 161 Å². The van der Waals surface area contributed by atoms with E-state index in [-0.39, 0.29) is 6.10 Å². The molecule has 526 valence electrons. The number of nitrogens with one attached hydrogen (secondary N) is 6. The van der Waals surface area contributed by atoms with Crippen molar-refractivity contribution in [2.75, 3.05) is 65.4 Å². The lowest BCUT2D eigenvalue weighted by Crippen LogP contribution is -2.43. The van der Waals surface area contributed by atoms with Gasteiger partial charge in [0.1, 0.15) is 21.9 Å². The van der Waals surface area contributed by atoms with Crippen LogP contribution in [-0.2, 0) is 28.2 Å². The van der Waals surface area contributed by atoms with Crippen LogP contribution in [0.3, 0.4) is 0 Å². The smallest absolute Gasteiger partial charge is 0.215 e. The third-order valence-electron chi connectivity index (χ3n) is 17.6. The van der Waals surface area contributed by atoms with Gasteiger partial charge in [-0.05, 0) is 79.1 Å². The maximum atomic E-state index is 5.94. The molecule has 3 aliphatic rings. The second-order valence-electron chi connectivity index (χ2n) is 25.5. The molecule has 0 spiro atoms. The first-order valence-electron chi connectivity index (χ1n) is 33.9. The molecule has 1 aliphatic carbocycles. The van der Waals surface area contributed by atoms with E-state index in [9.17, 15) is 0 Å². The molecule has 16 aromatic heterocycles. The molecule has 2 saturated heterocycles. The van der Waals surface area contributed by atoms with Gasteiger partial charge in [-0.15, -0.1) is 0 Å². The van der Waals surface area contributed by atoms with Gasteiger partial charge in [0.15, 0.2) is 45.9 Å². The maximum absolute atomic E-state index is 5.94. The van der Waals surface area contributed by atoms with Crippen LogP contribution in [0.25, 0.3) is 67.6 Å². The Hall–Kier alpha value is -12.4. The molecule has 6 N–H and O–H groups in total. The van der Waals surface area contributed by atoms with Crippen LogP contribution in [0.5, 0.6) is 5.88 Å². The van der Waals surface area contributed by atoms with Crippen molar-refractivity contribution in [3.63, 3.8) is 0 Å². The van der Waals surface area contributed by atoms with Gasteiger partial charge in [-0.2, -0.15) is 29.1 Å². The van der Waals surface area contributed by atoms with Crippen molar-refractivity contribution >= 4 is 96.1 Å². The van der Waals surface area contributed by atoms with Crippen molar-refractivity contribution < 1.29 is 4.74 Å². The van der Waals surface area contributed by atoms with E-state index in [1.165, 1.54) is 41.6 Å². The van der Waals surface area contributed by atoms with Gasteiger partial charge in [0, 0.05) is 199 Å². The van der Waals surface area contributed by atoms with E-state index >= 15 is 0 Å². The van der Waals surface area contributed by atoms with E-state index < -0.39 is 0 Å². The molecule has 0 aromatic carbocycles. The standard InChI is InChI=1S/C19H21N9.C19H20N8O.C16H15N7S.C16H17N7S/c1-26-13-14(11-24-26)16-12-23-19-18(22-6-9-28(16)19)25-15-2-3-21-17(10-15)27-7-4-20-5-8-27;1-26-12-13(9-24-26)16-11-23-19-18(22-6-7-27(16)19)25-14-2-5-21-17(8-14)28-15-3-4-20-10-15;1-22-9-11(7-19-22)13-8-18-16-15(17-4-5-23(13)16)20-14-6-12(21-24-14)10-2-3-10;1-10(2)12-6-14(24-21-12)20-15-16-18-8-13(23(16)5-4-17-15)11-7-19-22(3)9-11/h2-3,6,9-13,20H,4-5,7-8H2,1H3,(H,21,22,25);2,5-9,11-12,15,20H,3-4,10H2,1H3,(H,21,22,25);4-10H,2-3H2,1H3,(H,17,20);4-10H,1-3H3,(H,17,20)/t;15-;;/m.1../s1. The zero-order valence-electron chi connectivity index (χ0n) is 57.7. The molecular weight excluding hydrogens is 1360 g/mol. The monoisotopic (exact) mass is 1430 g/mol. The average molecular weight is 1430 g/mol. The van der Waals surface area contributed by atoms with Crippen LogP contribution in [0, 0.1) is 0 Å². The molecule has 0 amide bonds. The summed E-state index contributed by atoms with van der Waals surface area (Å²) in [4.78, 5) is 47.2. The molecule has 2 aliphatic heterocycles. The van der Waals surface area contributed by atoms with Crippen LogP contribution in [0.2, 0.25) is 0 Å². The van der Waals surface area contributed by atoms with Crippen molar-refractivity contribution in [3.05, 3.63) is 184 Å². The summed E-state index contributed by atoms with van der Waals surface area (Å²) in [6, 6.07) is 12.0. The van der Waals surface area contributed by atoms with Gasteiger partial charge in [-0.25, -0.2) is 49.8 Å². The number of imidazole rings is 4. The zero-order chi connectivity index (χ0) is 70.6. The molecule has 0 bridgehead atoms. The first kappa shape index (κ1) is 66.2. The molecule has 0 radical (unpaired) electrons. The van der Waals surface area contributed by atoms with Crippen molar-refractivity contribution in [3.8, 4) is 50.9 Å². The Labute approximate surface area is 603 Å². The Balaban J connectivity index is 0.000000107. The lowest BCUT2D eigenvalue weighted by atomic mass is 10.1. The summed E-state index contributed by atoms with van der Waals surface area (Å²) in [5.74, 6) is 5.45. The van der Waals surface area contributed by atoms with E-state index in [1.54, 1.807) is 49.7 Å². The van der Waals surface area contributed by atoms with Gasteiger partial charge in [0.2, 0.25) is 5.88 Å². The Morgan fingerprint density at radius 1 is 0.452 bits per heavy atom. The molecule has 104 heavy (non-hydrogen) atoms. The fourth-order valence-electron chi connectivity index (χ4n) is 12.2. The van der Waals surface area contributed by atoms with Crippen LogP contribution in [0.4, 0.5) is 50.5 Å². The summed E-state index contributed by atoms with van der Waals surface area (Å²) >= 11 is 2.91. The highest BCUT2D eigenvalue weighted by Crippen LogP contribution is 2.42. The highest BCUT2D eigenvalue weighted by molar-refractivity contribution is 7.10. The SMILES string of the molecule is CC(C)c1cc(Nc2nccn3c(-c4cnn(C)c4)cnc23)sn1.Cn1cc(-c2cnc3c(Nc4cc(C5CC5)ns4)nccn23)cn1.Cn1cc(-c2cnc3c(Nc4ccnc(N5CCNCC5)c4)nccn23)cn1.Cn1cc(-c2cnc3c(Nc4ccnc(O[C@@H]5CCNC5)c4)nccn23)cn1. The van der Waals surface area contributed by atoms with Crippen LogP contribution in [0.15, 0.2) is 173 Å². The van der Waals surface area contributed by atoms with Gasteiger partial charge < -0.3 is 41.5 Å². The van der Waals surface area contributed by atoms with Crippen LogP contribution in [0.1, 0.15) is 56.3 Å². The topological polar surface area (TPSA) is 328 Å². The summed E-state index contributed by atoms with van der Waals surface area (Å²) in [5.41, 5.74) is 15.1. The van der Waals surface area contributed by atoms with E-state index in [1.807, 2.05) is 169 Å². The minimum absolute atomic E-state index is 0.165. The largest absolute Gasteiger partial charge is 0.473 e. The number of anilines is 9. The summed E-state index contributed by atoms with van der Waals surface area (Å²) in [6.07, 6.45) is 44.5. The van der Waals surface area contributed by atoms with Gasteiger partial charge in [-0.3, -0.25) is 36.3 Å². The number of nitrogens with zero attached hydrogens (tertiary/aromatic N) is 25. The zero-order valence-corrected chi connectivity index (χ0v) is 59.3. The molecule has 1 saturated carbocycles. The first-order valence-corrected chi connectivity index (χ1v) is 35.5. The average Bonchev–Trinajstić information content (AvgIpc) is 1.65. The Bertz CT molecular complexity index is 5450. The third-order valence-corrected chi connectivity index (χ3v) is 19.0. The molecule has 1 atom stereocenters. The maximum Gasteiger partial charge on any atom is 0.215 e. The fourth-order valence-corrected chi connectivity index (χ4v) is 13.7. The van der Waals surface area contributed by atoms with E-state index in [2.05, 4.69) is 148 Å². The first-order chi connectivity index (χ1) is 50.9. The summed E-state index contributed by atoms with van der Waals surface area (Å²) in [7, 11) is 7.60. The van der Waals surface area contributed by atoms with Gasteiger partial charge >= 0.3 is 0 Å². The van der Waals surface area contributed by atoms with Crippen LogP contribution < -0.4 is 41.5 Å². The van der Waals surface area contributed by atoms with Gasteiger partial charge in [0.25, 0.3) is 0 Å². The Kier molecular flexibility index (Phi) is 18.6. The Morgan fingerprint density at radius 3 is 1.32 bits per heavy atom. The minimum atomic E-state index is 0.165. The number of ether oxygens (including phenoxy) is 1. The predicted molar refractivity (Wildman–Crippen MR) is 400 cm³/mol. The summed E-state index contributed by atoms with van der Waals surface area (Å²) in [5, 5.41) is 39.0. The highest BCUT2D eigenvalue weighted by Gasteiger charge is 2.27. The lowest BCUT2D eigenvalue weighted by molar-refractivity contribution is 0.214. The predicted octanol–water partition coefficient (Wildman–Crippen LogP) is 10.3. The van der Waals surface area contributed by atoms with E-state index in [0.29, 0.717) is 35.2 Å². The molecule has 3 fully saturated rings. The molecule has 0 unspecified atom stereocenters. The van der Waals surface area contributed by atoms with Gasteiger partial charge in [0.05, 0.1) is 83.7 Å². The second-order valence-corrected chi connectivity index (χ2v) is 27.1. The number of rotatable bonds is 17. The van der Waals surface area contributed by atoms with E-state index in [0.717, 1.165) is 152 Å². The van der Waals surface area contributed by atoms with Gasteiger partial charge in [-0.1, -0.05) is 13.8 Å². The number of hydrogen-bond donors (Lipinski definition) is 6. The molecular formula is C70H73N31OS2. The number of pyridine rings is 2. The highest BCUT2D eigenvalue weighted by atomic mass is 32.1. The third kappa shape index (κ3) is 14.6. The van der Waals surface area contributed by atoms with Crippen LogP contribution >= 0.6 is 23.1 Å². The fraction of sp³-hybridized carbons (Fsp3) is 0.257. The number of aromatic nitrogens is 24. The normalized spacial score (nSPS) is 14.3. The summed E-state index contributed by atoms with van der Waals surface area (Å²) in [6.45, 7) is 9.97. The van der Waals surface area contributed by atoms with Crippen molar-refractivity contribution in [2.45, 2.75) is 51.0 Å². The number of piperazine rings is 1. The molecule has 16 aromatic rings. The molecule has 32 nitrogen and oxygen atoms in total. The Morgan fingerprint density at radius 2 is 0.894 bits per heavy atom. The number of aryl methyl sites for hydroxylation is 4. The summed E-state index contributed by atoms with van der Waals surface area (Å²) < 4.78 is 30.1. The van der Waals surface area contributed by atoms with Crippen molar-refractivity contribution in [1.82, 2.24) is 126 Å².